The quantitative estimate of drug-likeness (QED) is 0.692. The third-order valence-electron chi connectivity index (χ3n) is 3.52. The van der Waals surface area contributed by atoms with Crippen LogP contribution in [0.3, 0.4) is 0 Å². The van der Waals surface area contributed by atoms with Crippen molar-refractivity contribution in [2.75, 3.05) is 13.1 Å². The van der Waals surface area contributed by atoms with Crippen molar-refractivity contribution >= 4 is 5.91 Å². The SMILES string of the molecule is NCCCCCCNC(=O)C1CCC(F)(F)CC1. The number of unbranched alkanes of at least 4 members (excludes halogenated alkanes) is 3. The molecule has 5 heteroatoms. The Morgan fingerprint density at radius 1 is 1.17 bits per heavy atom. The lowest BCUT2D eigenvalue weighted by Crippen LogP contribution is -2.36. The summed E-state index contributed by atoms with van der Waals surface area (Å²) in [5.41, 5.74) is 5.38. The summed E-state index contributed by atoms with van der Waals surface area (Å²) in [6, 6.07) is 0. The first kappa shape index (κ1) is 15.3. The Hall–Kier alpha value is -0.710. The molecule has 0 bridgehead atoms. The molecule has 0 saturated heterocycles. The van der Waals surface area contributed by atoms with E-state index >= 15 is 0 Å². The van der Waals surface area contributed by atoms with E-state index in [1.165, 1.54) is 0 Å². The molecule has 0 aromatic carbocycles. The summed E-state index contributed by atoms with van der Waals surface area (Å²) in [4.78, 5) is 11.7. The van der Waals surface area contributed by atoms with Crippen molar-refractivity contribution in [1.29, 1.82) is 0 Å². The van der Waals surface area contributed by atoms with Gasteiger partial charge in [0.15, 0.2) is 0 Å². The van der Waals surface area contributed by atoms with Gasteiger partial charge in [-0.1, -0.05) is 12.8 Å². The van der Waals surface area contributed by atoms with Gasteiger partial charge in [0.2, 0.25) is 11.8 Å². The van der Waals surface area contributed by atoms with Gasteiger partial charge in [0, 0.05) is 25.3 Å². The second-order valence-corrected chi connectivity index (χ2v) is 5.12. The summed E-state index contributed by atoms with van der Waals surface area (Å²) >= 11 is 0. The van der Waals surface area contributed by atoms with E-state index in [-0.39, 0.29) is 24.7 Å². The van der Waals surface area contributed by atoms with Gasteiger partial charge in [-0.2, -0.15) is 0 Å². The van der Waals surface area contributed by atoms with E-state index in [0.29, 0.717) is 25.9 Å². The second-order valence-electron chi connectivity index (χ2n) is 5.12. The molecule has 3 nitrogen and oxygen atoms in total. The van der Waals surface area contributed by atoms with Crippen LogP contribution in [0, 0.1) is 5.92 Å². The highest BCUT2D eigenvalue weighted by atomic mass is 19.3. The van der Waals surface area contributed by atoms with Crippen molar-refractivity contribution in [2.45, 2.75) is 57.3 Å². The standard InChI is InChI=1S/C13H24F2N2O/c14-13(15)7-5-11(6-8-13)12(18)17-10-4-2-1-3-9-16/h11H,1-10,16H2,(H,17,18). The average molecular weight is 262 g/mol. The molecule has 18 heavy (non-hydrogen) atoms. The molecule has 0 atom stereocenters. The minimum Gasteiger partial charge on any atom is -0.356 e. The summed E-state index contributed by atoms with van der Waals surface area (Å²) in [6.07, 6.45) is 4.42. The number of hydrogen-bond donors (Lipinski definition) is 2. The normalized spacial score (nSPS) is 19.7. The van der Waals surface area contributed by atoms with E-state index in [1.807, 2.05) is 0 Å². The Labute approximate surface area is 107 Å². The third kappa shape index (κ3) is 5.76. The van der Waals surface area contributed by atoms with Crippen LogP contribution in [0.2, 0.25) is 0 Å². The highest BCUT2D eigenvalue weighted by Crippen LogP contribution is 2.36. The Kier molecular flexibility index (Phi) is 6.54. The van der Waals surface area contributed by atoms with Crippen LogP contribution in [0.1, 0.15) is 51.4 Å². The van der Waals surface area contributed by atoms with Gasteiger partial charge in [-0.05, 0) is 32.2 Å². The number of amides is 1. The molecule has 0 spiro atoms. The summed E-state index contributed by atoms with van der Waals surface area (Å²) in [5, 5.41) is 2.84. The highest BCUT2D eigenvalue weighted by molar-refractivity contribution is 5.78. The van der Waals surface area contributed by atoms with Gasteiger partial charge in [-0.25, -0.2) is 8.78 Å². The molecule has 0 heterocycles. The maximum atomic E-state index is 12.9. The summed E-state index contributed by atoms with van der Waals surface area (Å²) in [6.45, 7) is 1.36. The molecule has 1 rings (SSSR count). The number of carbonyl (C=O) groups excluding carboxylic acids is 1. The van der Waals surface area contributed by atoms with E-state index in [1.54, 1.807) is 0 Å². The zero-order chi connectivity index (χ0) is 13.4. The fourth-order valence-electron chi connectivity index (χ4n) is 2.28. The van der Waals surface area contributed by atoms with Crippen LogP contribution in [-0.4, -0.2) is 24.9 Å². The molecule has 1 fully saturated rings. The molecular formula is C13H24F2N2O. The largest absolute Gasteiger partial charge is 0.356 e. The topological polar surface area (TPSA) is 55.1 Å². The summed E-state index contributed by atoms with van der Waals surface area (Å²) in [7, 11) is 0. The van der Waals surface area contributed by atoms with Gasteiger partial charge >= 0.3 is 0 Å². The van der Waals surface area contributed by atoms with E-state index in [2.05, 4.69) is 5.32 Å². The Morgan fingerprint density at radius 3 is 2.39 bits per heavy atom. The molecule has 1 aliphatic carbocycles. The monoisotopic (exact) mass is 262 g/mol. The molecule has 0 radical (unpaired) electrons. The van der Waals surface area contributed by atoms with Crippen LogP contribution >= 0.6 is 0 Å². The van der Waals surface area contributed by atoms with Crippen molar-refractivity contribution in [3.63, 3.8) is 0 Å². The van der Waals surface area contributed by atoms with Crippen molar-refractivity contribution in [1.82, 2.24) is 5.32 Å². The molecule has 1 saturated carbocycles. The molecule has 0 aromatic rings. The van der Waals surface area contributed by atoms with Gasteiger partial charge in [0.05, 0.1) is 0 Å². The number of carbonyl (C=O) groups is 1. The van der Waals surface area contributed by atoms with Crippen LogP contribution < -0.4 is 11.1 Å². The number of alkyl halides is 2. The minimum absolute atomic E-state index is 0.0516. The lowest BCUT2D eigenvalue weighted by atomic mass is 9.86. The number of nitrogens with one attached hydrogen (secondary N) is 1. The van der Waals surface area contributed by atoms with E-state index < -0.39 is 5.92 Å². The lowest BCUT2D eigenvalue weighted by Gasteiger charge is -2.27. The molecule has 0 aromatic heterocycles. The maximum absolute atomic E-state index is 12.9. The van der Waals surface area contributed by atoms with Gasteiger partial charge in [-0.3, -0.25) is 4.79 Å². The molecule has 0 aliphatic heterocycles. The molecule has 1 amide bonds. The van der Waals surface area contributed by atoms with E-state index in [9.17, 15) is 13.6 Å². The number of rotatable bonds is 7. The Bertz CT molecular complexity index is 249. The fraction of sp³-hybridized carbons (Fsp3) is 0.923. The Balaban J connectivity index is 2.07. The van der Waals surface area contributed by atoms with Crippen molar-refractivity contribution < 1.29 is 13.6 Å². The van der Waals surface area contributed by atoms with E-state index in [4.69, 9.17) is 5.73 Å². The van der Waals surface area contributed by atoms with Crippen molar-refractivity contribution in [2.24, 2.45) is 11.7 Å². The van der Waals surface area contributed by atoms with Crippen molar-refractivity contribution in [3.05, 3.63) is 0 Å². The first-order valence-corrected chi connectivity index (χ1v) is 6.91. The van der Waals surface area contributed by atoms with Gasteiger partial charge in [-0.15, -0.1) is 0 Å². The molecule has 0 unspecified atom stereocenters. The second kappa shape index (κ2) is 7.67. The van der Waals surface area contributed by atoms with Gasteiger partial charge in [0.25, 0.3) is 0 Å². The molecule has 106 valence electrons. The zero-order valence-electron chi connectivity index (χ0n) is 10.9. The number of nitrogens with two attached hydrogens (primary N) is 1. The predicted octanol–water partition coefficient (Wildman–Crippen LogP) is 2.45. The van der Waals surface area contributed by atoms with Crippen LogP contribution in [-0.2, 0) is 4.79 Å². The Morgan fingerprint density at radius 2 is 1.78 bits per heavy atom. The highest BCUT2D eigenvalue weighted by Gasteiger charge is 2.37. The summed E-state index contributed by atoms with van der Waals surface area (Å²) < 4.78 is 25.8. The molecular weight excluding hydrogens is 238 g/mol. The number of halogens is 2. The zero-order valence-corrected chi connectivity index (χ0v) is 10.9. The maximum Gasteiger partial charge on any atom is 0.248 e. The average Bonchev–Trinajstić information content (AvgIpc) is 2.33. The third-order valence-corrected chi connectivity index (χ3v) is 3.52. The van der Waals surface area contributed by atoms with Crippen molar-refractivity contribution in [3.8, 4) is 0 Å². The van der Waals surface area contributed by atoms with Crippen LogP contribution in [0.15, 0.2) is 0 Å². The molecule has 1 aliphatic rings. The van der Waals surface area contributed by atoms with Gasteiger partial charge < -0.3 is 11.1 Å². The van der Waals surface area contributed by atoms with Gasteiger partial charge in [0.1, 0.15) is 0 Å². The summed E-state index contributed by atoms with van der Waals surface area (Å²) in [5.74, 6) is -2.82. The fourth-order valence-corrected chi connectivity index (χ4v) is 2.28. The van der Waals surface area contributed by atoms with Crippen LogP contribution in [0.25, 0.3) is 0 Å². The number of hydrogen-bond acceptors (Lipinski definition) is 2. The lowest BCUT2D eigenvalue weighted by molar-refractivity contribution is -0.129. The van der Waals surface area contributed by atoms with Crippen LogP contribution in [0.5, 0.6) is 0 Å². The van der Waals surface area contributed by atoms with Crippen LogP contribution in [0.4, 0.5) is 8.78 Å². The molecule has 3 N–H and O–H groups in total. The minimum atomic E-state index is -2.56. The first-order valence-electron chi connectivity index (χ1n) is 6.91. The first-order chi connectivity index (χ1) is 8.55. The smallest absolute Gasteiger partial charge is 0.248 e. The predicted molar refractivity (Wildman–Crippen MR) is 67.4 cm³/mol. The van der Waals surface area contributed by atoms with E-state index in [0.717, 1.165) is 25.7 Å².